The van der Waals surface area contributed by atoms with Gasteiger partial charge in [0.05, 0.1) is 5.56 Å². The SMILES string of the molecule is NOC(=O)c1ccc(Cn2ccc3ccccc32)cc1. The summed E-state index contributed by atoms with van der Waals surface area (Å²) in [5.74, 6) is 4.34. The summed E-state index contributed by atoms with van der Waals surface area (Å²) in [7, 11) is 0. The first-order chi connectivity index (χ1) is 9.78. The number of carbonyl (C=O) groups excluding carboxylic acids is 1. The fraction of sp³-hybridized carbons (Fsp3) is 0.0625. The summed E-state index contributed by atoms with van der Waals surface area (Å²) in [6.07, 6.45) is 2.06. The molecule has 0 saturated heterocycles. The van der Waals surface area contributed by atoms with Crippen LogP contribution >= 0.6 is 0 Å². The molecule has 0 fully saturated rings. The van der Waals surface area contributed by atoms with E-state index in [0.29, 0.717) is 5.56 Å². The van der Waals surface area contributed by atoms with Crippen LogP contribution in [0.5, 0.6) is 0 Å². The maximum absolute atomic E-state index is 11.3. The van der Waals surface area contributed by atoms with Gasteiger partial charge in [0.1, 0.15) is 0 Å². The van der Waals surface area contributed by atoms with Gasteiger partial charge in [-0.15, -0.1) is 0 Å². The van der Waals surface area contributed by atoms with Gasteiger partial charge in [-0.3, -0.25) is 0 Å². The zero-order chi connectivity index (χ0) is 13.9. The van der Waals surface area contributed by atoms with Crippen LogP contribution in [-0.4, -0.2) is 10.5 Å². The van der Waals surface area contributed by atoms with Crippen molar-refractivity contribution in [2.75, 3.05) is 0 Å². The third-order valence-corrected chi connectivity index (χ3v) is 3.33. The van der Waals surface area contributed by atoms with E-state index in [9.17, 15) is 4.79 Å². The molecule has 1 heterocycles. The van der Waals surface area contributed by atoms with Crippen molar-refractivity contribution in [1.29, 1.82) is 0 Å². The van der Waals surface area contributed by atoms with Crippen LogP contribution in [0.1, 0.15) is 15.9 Å². The highest BCUT2D eigenvalue weighted by atomic mass is 16.7. The highest BCUT2D eigenvalue weighted by molar-refractivity contribution is 5.89. The van der Waals surface area contributed by atoms with Gasteiger partial charge in [-0.25, -0.2) is 4.79 Å². The molecule has 0 aliphatic heterocycles. The second-order valence-corrected chi connectivity index (χ2v) is 4.60. The molecule has 0 amide bonds. The van der Waals surface area contributed by atoms with Crippen molar-refractivity contribution in [3.8, 4) is 0 Å². The van der Waals surface area contributed by atoms with Crippen molar-refractivity contribution in [3.05, 3.63) is 71.9 Å². The summed E-state index contributed by atoms with van der Waals surface area (Å²) in [6, 6.07) is 17.6. The Bertz CT molecular complexity index is 745. The normalized spacial score (nSPS) is 10.7. The minimum absolute atomic E-state index is 0.452. The predicted molar refractivity (Wildman–Crippen MR) is 77.1 cm³/mol. The van der Waals surface area contributed by atoms with Crippen LogP contribution in [0.4, 0.5) is 0 Å². The first-order valence-corrected chi connectivity index (χ1v) is 6.32. The molecule has 1 aromatic heterocycles. The van der Waals surface area contributed by atoms with E-state index in [0.717, 1.165) is 12.1 Å². The number of nitrogens with zero attached hydrogens (tertiary/aromatic N) is 1. The van der Waals surface area contributed by atoms with E-state index in [1.807, 2.05) is 24.3 Å². The van der Waals surface area contributed by atoms with Gasteiger partial charge < -0.3 is 9.40 Å². The third-order valence-electron chi connectivity index (χ3n) is 3.33. The van der Waals surface area contributed by atoms with Crippen molar-refractivity contribution in [1.82, 2.24) is 4.57 Å². The van der Waals surface area contributed by atoms with Crippen LogP contribution in [-0.2, 0) is 11.4 Å². The summed E-state index contributed by atoms with van der Waals surface area (Å²) in [6.45, 7) is 0.755. The Labute approximate surface area is 116 Å². The zero-order valence-corrected chi connectivity index (χ0v) is 10.8. The number of hydrogen-bond donors (Lipinski definition) is 1. The molecule has 2 aromatic carbocycles. The van der Waals surface area contributed by atoms with Crippen LogP contribution in [0.3, 0.4) is 0 Å². The van der Waals surface area contributed by atoms with Crippen molar-refractivity contribution in [2.24, 2.45) is 5.90 Å². The van der Waals surface area contributed by atoms with E-state index in [1.165, 1.54) is 10.9 Å². The molecule has 3 rings (SSSR count). The molecular formula is C16H14N2O2. The number of carbonyl (C=O) groups is 1. The molecule has 0 bridgehead atoms. The summed E-state index contributed by atoms with van der Waals surface area (Å²) in [4.78, 5) is 15.5. The molecule has 0 atom stereocenters. The lowest BCUT2D eigenvalue weighted by molar-refractivity contribution is 0.0503. The van der Waals surface area contributed by atoms with Gasteiger partial charge in [0.25, 0.3) is 0 Å². The van der Waals surface area contributed by atoms with E-state index in [1.54, 1.807) is 12.1 Å². The summed E-state index contributed by atoms with van der Waals surface area (Å²) < 4.78 is 2.17. The van der Waals surface area contributed by atoms with Gasteiger partial charge in [0.15, 0.2) is 0 Å². The summed E-state index contributed by atoms with van der Waals surface area (Å²) >= 11 is 0. The number of nitrogens with two attached hydrogens (primary N) is 1. The molecule has 0 spiro atoms. The number of hydrogen-bond acceptors (Lipinski definition) is 3. The monoisotopic (exact) mass is 266 g/mol. The second-order valence-electron chi connectivity index (χ2n) is 4.60. The van der Waals surface area contributed by atoms with Crippen LogP contribution < -0.4 is 5.90 Å². The van der Waals surface area contributed by atoms with E-state index in [2.05, 4.69) is 33.8 Å². The van der Waals surface area contributed by atoms with Crippen LogP contribution in [0, 0.1) is 0 Å². The predicted octanol–water partition coefficient (Wildman–Crippen LogP) is 2.72. The molecule has 0 unspecified atom stereocenters. The molecule has 4 nitrogen and oxygen atoms in total. The number of aromatic nitrogens is 1. The quantitative estimate of drug-likeness (QED) is 0.741. The minimum atomic E-state index is -0.525. The minimum Gasteiger partial charge on any atom is -0.370 e. The smallest absolute Gasteiger partial charge is 0.356 e. The molecule has 20 heavy (non-hydrogen) atoms. The number of benzene rings is 2. The lowest BCUT2D eigenvalue weighted by atomic mass is 10.1. The average Bonchev–Trinajstić information content (AvgIpc) is 2.91. The van der Waals surface area contributed by atoms with Crippen LogP contribution in [0.2, 0.25) is 0 Å². The largest absolute Gasteiger partial charge is 0.370 e. The molecule has 0 aliphatic rings. The van der Waals surface area contributed by atoms with Gasteiger partial charge in [0.2, 0.25) is 0 Å². The molecule has 0 saturated carbocycles. The maximum atomic E-state index is 11.3. The molecular weight excluding hydrogens is 252 g/mol. The van der Waals surface area contributed by atoms with E-state index in [4.69, 9.17) is 5.90 Å². The fourth-order valence-corrected chi connectivity index (χ4v) is 2.29. The fourth-order valence-electron chi connectivity index (χ4n) is 2.29. The first kappa shape index (κ1) is 12.4. The Morgan fingerprint density at radius 3 is 2.55 bits per heavy atom. The molecule has 3 aromatic rings. The molecule has 0 radical (unpaired) electrons. The molecule has 2 N–H and O–H groups in total. The Kier molecular flexibility index (Phi) is 3.23. The maximum Gasteiger partial charge on any atom is 0.356 e. The third kappa shape index (κ3) is 2.29. The molecule has 100 valence electrons. The Morgan fingerprint density at radius 1 is 1.05 bits per heavy atom. The van der Waals surface area contributed by atoms with Gasteiger partial charge >= 0.3 is 5.97 Å². The van der Waals surface area contributed by atoms with Crippen LogP contribution in [0.15, 0.2) is 60.8 Å². The van der Waals surface area contributed by atoms with E-state index >= 15 is 0 Å². The molecule has 4 heteroatoms. The van der Waals surface area contributed by atoms with Gasteiger partial charge in [-0.2, -0.15) is 5.90 Å². The van der Waals surface area contributed by atoms with Crippen molar-refractivity contribution in [3.63, 3.8) is 0 Å². The topological polar surface area (TPSA) is 57.2 Å². The second kappa shape index (κ2) is 5.19. The highest BCUT2D eigenvalue weighted by Gasteiger charge is 2.06. The number of para-hydroxylation sites is 1. The standard InChI is InChI=1S/C16H14N2O2/c17-20-16(19)14-7-5-12(6-8-14)11-18-10-9-13-3-1-2-4-15(13)18/h1-10H,11,17H2. The summed E-state index contributed by atoms with van der Waals surface area (Å²) in [5, 5.41) is 1.22. The molecule has 0 aliphatic carbocycles. The Balaban J connectivity index is 1.86. The first-order valence-electron chi connectivity index (χ1n) is 6.32. The van der Waals surface area contributed by atoms with Crippen molar-refractivity contribution < 1.29 is 9.63 Å². The Hall–Kier alpha value is -2.59. The van der Waals surface area contributed by atoms with Gasteiger partial charge in [0, 0.05) is 18.3 Å². The summed E-state index contributed by atoms with van der Waals surface area (Å²) in [5.41, 5.74) is 2.76. The average molecular weight is 266 g/mol. The lowest BCUT2D eigenvalue weighted by Crippen LogP contribution is -2.10. The highest BCUT2D eigenvalue weighted by Crippen LogP contribution is 2.17. The number of rotatable bonds is 3. The van der Waals surface area contributed by atoms with Gasteiger partial charge in [-0.1, -0.05) is 30.3 Å². The lowest BCUT2D eigenvalue weighted by Gasteiger charge is -2.06. The van der Waals surface area contributed by atoms with Crippen molar-refractivity contribution >= 4 is 16.9 Å². The van der Waals surface area contributed by atoms with Gasteiger partial charge in [-0.05, 0) is 35.2 Å². The van der Waals surface area contributed by atoms with Crippen LogP contribution in [0.25, 0.3) is 10.9 Å². The van der Waals surface area contributed by atoms with E-state index < -0.39 is 5.97 Å². The van der Waals surface area contributed by atoms with E-state index in [-0.39, 0.29) is 0 Å². The van der Waals surface area contributed by atoms with Crippen molar-refractivity contribution in [2.45, 2.75) is 6.54 Å². The number of fused-ring (bicyclic) bond motifs is 1. The zero-order valence-electron chi connectivity index (χ0n) is 10.8. The Morgan fingerprint density at radius 2 is 1.80 bits per heavy atom.